The van der Waals surface area contributed by atoms with Gasteiger partial charge in [-0.1, -0.05) is 0 Å². The van der Waals surface area contributed by atoms with Crippen LogP contribution in [-0.4, -0.2) is 25.3 Å². The van der Waals surface area contributed by atoms with Crippen LogP contribution in [0.5, 0.6) is 0 Å². The summed E-state index contributed by atoms with van der Waals surface area (Å²) in [7, 11) is 3.42. The molecule has 1 aromatic carbocycles. The second-order valence-electron chi connectivity index (χ2n) is 3.02. The Morgan fingerprint density at radius 3 is 2.50 bits per heavy atom. The molecule has 0 aliphatic carbocycles. The van der Waals surface area contributed by atoms with E-state index >= 15 is 0 Å². The standard InChI is InChI=1S/C9H10N2O3/c1-10(2)8-4-3-7(6-12)5-9(8)11(13)14/h3-6H,1-2H3. The highest BCUT2D eigenvalue weighted by molar-refractivity contribution is 5.79. The second-order valence-corrected chi connectivity index (χ2v) is 3.02. The number of benzene rings is 1. The zero-order valence-corrected chi connectivity index (χ0v) is 7.93. The molecule has 14 heavy (non-hydrogen) atoms. The highest BCUT2D eigenvalue weighted by Crippen LogP contribution is 2.26. The number of carbonyl (C=O) groups excluding carboxylic acids is 1. The number of nitro benzene ring substituents is 1. The summed E-state index contributed by atoms with van der Waals surface area (Å²) >= 11 is 0. The summed E-state index contributed by atoms with van der Waals surface area (Å²) in [5.74, 6) is 0. The third-order valence-electron chi connectivity index (χ3n) is 1.81. The molecule has 0 bridgehead atoms. The first kappa shape index (κ1) is 10.2. The lowest BCUT2D eigenvalue weighted by Crippen LogP contribution is -2.11. The third-order valence-corrected chi connectivity index (χ3v) is 1.81. The molecule has 5 heteroatoms. The molecule has 1 rings (SSSR count). The smallest absolute Gasteiger partial charge is 0.293 e. The van der Waals surface area contributed by atoms with Crippen molar-refractivity contribution in [2.75, 3.05) is 19.0 Å². The van der Waals surface area contributed by atoms with Gasteiger partial charge >= 0.3 is 0 Å². The van der Waals surface area contributed by atoms with Crippen LogP contribution in [-0.2, 0) is 0 Å². The Morgan fingerprint density at radius 1 is 1.43 bits per heavy atom. The first-order valence-corrected chi connectivity index (χ1v) is 3.97. The molecule has 0 saturated heterocycles. The van der Waals surface area contributed by atoms with Gasteiger partial charge in [-0.25, -0.2) is 0 Å². The number of hydrogen-bond acceptors (Lipinski definition) is 4. The average Bonchev–Trinajstić information content (AvgIpc) is 2.16. The van der Waals surface area contributed by atoms with Gasteiger partial charge in [-0.3, -0.25) is 14.9 Å². The first-order valence-electron chi connectivity index (χ1n) is 3.97. The predicted octanol–water partition coefficient (Wildman–Crippen LogP) is 1.47. The van der Waals surface area contributed by atoms with E-state index in [1.807, 2.05) is 0 Å². The molecule has 0 unspecified atom stereocenters. The second kappa shape index (κ2) is 3.87. The largest absolute Gasteiger partial charge is 0.372 e. The molecule has 1 aromatic rings. The lowest BCUT2D eigenvalue weighted by molar-refractivity contribution is -0.384. The van der Waals surface area contributed by atoms with Crippen molar-refractivity contribution in [3.05, 3.63) is 33.9 Å². The average molecular weight is 194 g/mol. The summed E-state index contributed by atoms with van der Waals surface area (Å²) < 4.78 is 0. The van der Waals surface area contributed by atoms with Crippen molar-refractivity contribution < 1.29 is 9.72 Å². The minimum atomic E-state index is -0.498. The molecular weight excluding hydrogens is 184 g/mol. The van der Waals surface area contributed by atoms with Crippen LogP contribution in [0.2, 0.25) is 0 Å². The molecule has 0 spiro atoms. The molecule has 0 saturated carbocycles. The fourth-order valence-corrected chi connectivity index (χ4v) is 1.14. The molecule has 0 fully saturated rings. The topological polar surface area (TPSA) is 63.5 Å². The van der Waals surface area contributed by atoms with Crippen LogP contribution >= 0.6 is 0 Å². The first-order chi connectivity index (χ1) is 6.56. The zero-order chi connectivity index (χ0) is 10.7. The molecule has 0 atom stereocenters. The minimum Gasteiger partial charge on any atom is -0.372 e. The summed E-state index contributed by atoms with van der Waals surface area (Å²) in [6.45, 7) is 0. The van der Waals surface area contributed by atoms with Crippen LogP contribution in [0.1, 0.15) is 10.4 Å². The fraction of sp³-hybridized carbons (Fsp3) is 0.222. The maximum Gasteiger partial charge on any atom is 0.293 e. The molecule has 0 heterocycles. The van der Waals surface area contributed by atoms with Gasteiger partial charge in [0.2, 0.25) is 0 Å². The van der Waals surface area contributed by atoms with Crippen molar-refractivity contribution in [3.8, 4) is 0 Å². The van der Waals surface area contributed by atoms with Gasteiger partial charge in [-0.05, 0) is 12.1 Å². The number of carbonyl (C=O) groups is 1. The minimum absolute atomic E-state index is 0.0559. The maximum atomic E-state index is 10.7. The molecule has 0 radical (unpaired) electrons. The molecule has 0 aromatic heterocycles. The van der Waals surface area contributed by atoms with Gasteiger partial charge in [-0.15, -0.1) is 0 Å². The lowest BCUT2D eigenvalue weighted by Gasteiger charge is -2.12. The molecule has 5 nitrogen and oxygen atoms in total. The SMILES string of the molecule is CN(C)c1ccc(C=O)cc1[N+](=O)[O-]. The Hall–Kier alpha value is -1.91. The summed E-state index contributed by atoms with van der Waals surface area (Å²) in [6.07, 6.45) is 0.590. The van der Waals surface area contributed by atoms with E-state index in [4.69, 9.17) is 0 Å². The Bertz CT molecular complexity index is 374. The number of nitrogens with zero attached hydrogens (tertiary/aromatic N) is 2. The van der Waals surface area contributed by atoms with Crippen LogP contribution < -0.4 is 4.90 Å². The number of hydrogen-bond donors (Lipinski definition) is 0. The highest BCUT2D eigenvalue weighted by atomic mass is 16.6. The Balaban J connectivity index is 3.31. The quantitative estimate of drug-likeness (QED) is 0.415. The zero-order valence-electron chi connectivity index (χ0n) is 7.93. The fourth-order valence-electron chi connectivity index (χ4n) is 1.14. The van der Waals surface area contributed by atoms with E-state index in [-0.39, 0.29) is 5.69 Å². The Morgan fingerprint density at radius 2 is 2.07 bits per heavy atom. The van der Waals surface area contributed by atoms with Crippen molar-refractivity contribution in [1.82, 2.24) is 0 Å². The summed E-state index contributed by atoms with van der Waals surface area (Å²) in [5.41, 5.74) is 0.738. The van der Waals surface area contributed by atoms with E-state index in [2.05, 4.69) is 0 Å². The molecule has 0 N–H and O–H groups in total. The van der Waals surface area contributed by atoms with Crippen LogP contribution in [0.15, 0.2) is 18.2 Å². The predicted molar refractivity (Wildman–Crippen MR) is 52.8 cm³/mol. The van der Waals surface area contributed by atoms with Crippen molar-refractivity contribution in [2.45, 2.75) is 0 Å². The van der Waals surface area contributed by atoms with E-state index in [1.165, 1.54) is 6.07 Å². The Labute approximate surface area is 81.1 Å². The molecular formula is C9H10N2O3. The van der Waals surface area contributed by atoms with E-state index in [0.29, 0.717) is 17.5 Å². The number of aldehydes is 1. The van der Waals surface area contributed by atoms with Gasteiger partial charge in [0.15, 0.2) is 0 Å². The van der Waals surface area contributed by atoms with Crippen LogP contribution in [0.4, 0.5) is 11.4 Å². The Kier molecular flexibility index (Phi) is 2.81. The molecule has 74 valence electrons. The number of rotatable bonds is 3. The van der Waals surface area contributed by atoms with Gasteiger partial charge in [0.05, 0.1) is 4.92 Å². The molecule has 0 amide bonds. The molecule has 0 aliphatic heterocycles. The van der Waals surface area contributed by atoms with Gasteiger partial charge in [0.1, 0.15) is 12.0 Å². The van der Waals surface area contributed by atoms with Crippen LogP contribution in [0.25, 0.3) is 0 Å². The summed E-state index contributed by atoms with van der Waals surface area (Å²) in [5, 5.41) is 10.7. The van der Waals surface area contributed by atoms with Crippen molar-refractivity contribution >= 4 is 17.7 Å². The highest BCUT2D eigenvalue weighted by Gasteiger charge is 2.15. The third kappa shape index (κ3) is 1.87. The van der Waals surface area contributed by atoms with E-state index in [9.17, 15) is 14.9 Å². The van der Waals surface area contributed by atoms with Crippen LogP contribution in [0, 0.1) is 10.1 Å². The number of nitro groups is 1. The monoisotopic (exact) mass is 194 g/mol. The van der Waals surface area contributed by atoms with Gasteiger partial charge < -0.3 is 4.90 Å². The van der Waals surface area contributed by atoms with Gasteiger partial charge in [-0.2, -0.15) is 0 Å². The van der Waals surface area contributed by atoms with E-state index < -0.39 is 4.92 Å². The molecule has 0 aliphatic rings. The van der Waals surface area contributed by atoms with Crippen molar-refractivity contribution in [1.29, 1.82) is 0 Å². The normalized spacial score (nSPS) is 9.57. The van der Waals surface area contributed by atoms with Gasteiger partial charge in [0, 0.05) is 25.7 Å². The van der Waals surface area contributed by atoms with E-state index in [1.54, 1.807) is 31.1 Å². The number of anilines is 1. The summed E-state index contributed by atoms with van der Waals surface area (Å²) in [4.78, 5) is 22.2. The van der Waals surface area contributed by atoms with Crippen LogP contribution in [0.3, 0.4) is 0 Å². The van der Waals surface area contributed by atoms with Crippen molar-refractivity contribution in [2.24, 2.45) is 0 Å². The van der Waals surface area contributed by atoms with Crippen molar-refractivity contribution in [3.63, 3.8) is 0 Å². The summed E-state index contributed by atoms with van der Waals surface area (Å²) in [6, 6.07) is 4.37. The lowest BCUT2D eigenvalue weighted by atomic mass is 10.2. The van der Waals surface area contributed by atoms with E-state index in [0.717, 1.165) is 0 Å². The van der Waals surface area contributed by atoms with Gasteiger partial charge in [0.25, 0.3) is 5.69 Å². The maximum absolute atomic E-state index is 10.7.